The summed E-state index contributed by atoms with van der Waals surface area (Å²) < 4.78 is 30.0. The van der Waals surface area contributed by atoms with E-state index in [1.807, 2.05) is 6.07 Å². The highest BCUT2D eigenvalue weighted by Crippen LogP contribution is 2.15. The highest BCUT2D eigenvalue weighted by Gasteiger charge is 2.18. The van der Waals surface area contributed by atoms with Gasteiger partial charge in [-0.3, -0.25) is 9.52 Å². The van der Waals surface area contributed by atoms with E-state index < -0.39 is 21.7 Å². The standard InChI is InChI=1S/C11H12N2O4S/c1-2-17-11(14)8-18(15,16)13-10-6-4-3-5-9(10)7-12/h3-6,13H,2,8H2,1H3. The van der Waals surface area contributed by atoms with Crippen molar-refractivity contribution in [2.24, 2.45) is 0 Å². The number of esters is 1. The molecule has 0 unspecified atom stereocenters. The van der Waals surface area contributed by atoms with Crippen LogP contribution in [0.15, 0.2) is 24.3 Å². The lowest BCUT2D eigenvalue weighted by atomic mass is 10.2. The van der Waals surface area contributed by atoms with Crippen LogP contribution in [0.25, 0.3) is 0 Å². The van der Waals surface area contributed by atoms with Gasteiger partial charge in [-0.1, -0.05) is 12.1 Å². The Kier molecular flexibility index (Phi) is 4.68. The fourth-order valence-corrected chi connectivity index (χ4v) is 2.21. The molecule has 0 aliphatic heterocycles. The molecule has 18 heavy (non-hydrogen) atoms. The van der Waals surface area contributed by atoms with E-state index in [9.17, 15) is 13.2 Å². The molecule has 0 saturated heterocycles. The number of benzene rings is 1. The van der Waals surface area contributed by atoms with Crippen LogP contribution < -0.4 is 4.72 Å². The summed E-state index contributed by atoms with van der Waals surface area (Å²) >= 11 is 0. The molecule has 0 aliphatic carbocycles. The predicted molar refractivity (Wildman–Crippen MR) is 65.2 cm³/mol. The van der Waals surface area contributed by atoms with Crippen LogP contribution in [0.5, 0.6) is 0 Å². The lowest BCUT2D eigenvalue weighted by molar-refractivity contribution is -0.139. The Labute approximate surface area is 105 Å². The third-order valence-electron chi connectivity index (χ3n) is 1.93. The average Bonchev–Trinajstić information content (AvgIpc) is 2.28. The molecule has 0 atom stereocenters. The summed E-state index contributed by atoms with van der Waals surface area (Å²) in [4.78, 5) is 11.1. The van der Waals surface area contributed by atoms with Crippen molar-refractivity contribution in [1.82, 2.24) is 0 Å². The van der Waals surface area contributed by atoms with Crippen molar-refractivity contribution in [2.45, 2.75) is 6.92 Å². The zero-order valence-electron chi connectivity index (χ0n) is 9.71. The van der Waals surface area contributed by atoms with E-state index in [2.05, 4.69) is 9.46 Å². The minimum Gasteiger partial charge on any atom is -0.465 e. The van der Waals surface area contributed by atoms with Gasteiger partial charge in [-0.2, -0.15) is 5.26 Å². The Morgan fingerprint density at radius 3 is 2.72 bits per heavy atom. The van der Waals surface area contributed by atoms with E-state index in [0.717, 1.165) is 0 Å². The number of nitriles is 1. The van der Waals surface area contributed by atoms with Gasteiger partial charge in [0.05, 0.1) is 17.9 Å². The van der Waals surface area contributed by atoms with Crippen LogP contribution in [0.2, 0.25) is 0 Å². The highest BCUT2D eigenvalue weighted by atomic mass is 32.2. The van der Waals surface area contributed by atoms with Crippen molar-refractivity contribution in [2.75, 3.05) is 17.1 Å². The van der Waals surface area contributed by atoms with Gasteiger partial charge in [-0.15, -0.1) is 0 Å². The van der Waals surface area contributed by atoms with Crippen LogP contribution in [-0.2, 0) is 19.6 Å². The zero-order chi connectivity index (χ0) is 13.6. The quantitative estimate of drug-likeness (QED) is 0.799. The van der Waals surface area contributed by atoms with Crippen molar-refractivity contribution in [1.29, 1.82) is 5.26 Å². The number of anilines is 1. The Morgan fingerprint density at radius 2 is 2.11 bits per heavy atom. The van der Waals surface area contributed by atoms with Gasteiger partial charge in [0.1, 0.15) is 6.07 Å². The van der Waals surface area contributed by atoms with Gasteiger partial charge in [-0.25, -0.2) is 8.42 Å². The molecule has 0 amide bonds. The summed E-state index contributed by atoms with van der Waals surface area (Å²) in [5.74, 6) is -1.61. The van der Waals surface area contributed by atoms with Gasteiger partial charge in [0.15, 0.2) is 5.75 Å². The Bertz CT molecular complexity index is 575. The lowest BCUT2D eigenvalue weighted by Gasteiger charge is -2.08. The van der Waals surface area contributed by atoms with E-state index in [1.54, 1.807) is 19.1 Å². The Balaban J connectivity index is 2.83. The average molecular weight is 268 g/mol. The summed E-state index contributed by atoms with van der Waals surface area (Å²) in [5.41, 5.74) is 0.328. The fourth-order valence-electron chi connectivity index (χ4n) is 1.23. The monoisotopic (exact) mass is 268 g/mol. The molecule has 0 bridgehead atoms. The molecule has 1 aromatic rings. The first-order valence-corrected chi connectivity index (χ1v) is 6.79. The Hall–Kier alpha value is -2.07. The SMILES string of the molecule is CCOC(=O)CS(=O)(=O)Nc1ccccc1C#N. The zero-order valence-corrected chi connectivity index (χ0v) is 10.5. The predicted octanol–water partition coefficient (Wildman–Crippen LogP) is 0.863. The van der Waals surface area contributed by atoms with Crippen molar-refractivity contribution in [3.05, 3.63) is 29.8 Å². The second-order valence-corrected chi connectivity index (χ2v) is 5.05. The maximum Gasteiger partial charge on any atom is 0.323 e. The van der Waals surface area contributed by atoms with Crippen LogP contribution in [0.3, 0.4) is 0 Å². The van der Waals surface area contributed by atoms with Crippen molar-refractivity contribution < 1.29 is 17.9 Å². The van der Waals surface area contributed by atoms with E-state index in [1.165, 1.54) is 12.1 Å². The molecule has 1 aromatic carbocycles. The third-order valence-corrected chi connectivity index (χ3v) is 3.07. The molecule has 1 N–H and O–H groups in total. The Morgan fingerprint density at radius 1 is 1.44 bits per heavy atom. The topological polar surface area (TPSA) is 96.3 Å². The van der Waals surface area contributed by atoms with Crippen LogP contribution in [-0.4, -0.2) is 26.7 Å². The van der Waals surface area contributed by atoms with Crippen molar-refractivity contribution in [3.8, 4) is 6.07 Å². The highest BCUT2D eigenvalue weighted by molar-refractivity contribution is 7.93. The number of nitrogens with zero attached hydrogens (tertiary/aromatic N) is 1. The van der Waals surface area contributed by atoms with Gasteiger partial charge in [-0.05, 0) is 19.1 Å². The second kappa shape index (κ2) is 6.02. The van der Waals surface area contributed by atoms with Crippen molar-refractivity contribution in [3.63, 3.8) is 0 Å². The maximum atomic E-state index is 11.6. The smallest absolute Gasteiger partial charge is 0.323 e. The van der Waals surface area contributed by atoms with E-state index in [4.69, 9.17) is 5.26 Å². The number of hydrogen-bond donors (Lipinski definition) is 1. The van der Waals surface area contributed by atoms with Gasteiger partial charge >= 0.3 is 5.97 Å². The summed E-state index contributed by atoms with van der Waals surface area (Å²) in [7, 11) is -3.86. The second-order valence-electron chi connectivity index (χ2n) is 3.32. The van der Waals surface area contributed by atoms with Crippen LogP contribution in [0, 0.1) is 11.3 Å². The number of ether oxygens (including phenoxy) is 1. The van der Waals surface area contributed by atoms with Gasteiger partial charge in [0.2, 0.25) is 10.0 Å². The number of hydrogen-bond acceptors (Lipinski definition) is 5. The molecule has 0 heterocycles. The molecule has 0 fully saturated rings. The molecule has 7 heteroatoms. The molecule has 6 nitrogen and oxygen atoms in total. The lowest BCUT2D eigenvalue weighted by Crippen LogP contribution is -2.24. The first-order valence-electron chi connectivity index (χ1n) is 5.13. The van der Waals surface area contributed by atoms with E-state index >= 15 is 0 Å². The first-order chi connectivity index (χ1) is 8.48. The normalized spacial score (nSPS) is 10.4. The number of rotatable bonds is 5. The van der Waals surface area contributed by atoms with E-state index in [0.29, 0.717) is 0 Å². The fraction of sp³-hybridized carbons (Fsp3) is 0.273. The first kappa shape index (κ1) is 14.0. The molecule has 1 rings (SSSR count). The summed E-state index contributed by atoms with van der Waals surface area (Å²) in [6.45, 7) is 1.70. The summed E-state index contributed by atoms with van der Waals surface area (Å²) in [6, 6.07) is 7.97. The van der Waals surface area contributed by atoms with Crippen LogP contribution in [0.1, 0.15) is 12.5 Å². The van der Waals surface area contributed by atoms with Gasteiger partial charge in [0.25, 0.3) is 0 Å². The number of carbonyl (C=O) groups is 1. The van der Waals surface area contributed by atoms with Gasteiger partial charge < -0.3 is 4.74 Å². The largest absolute Gasteiger partial charge is 0.465 e. The number of nitrogens with one attached hydrogen (secondary N) is 1. The molecular weight excluding hydrogens is 256 g/mol. The molecular formula is C11H12N2O4S. The molecule has 0 aromatic heterocycles. The molecule has 96 valence electrons. The van der Waals surface area contributed by atoms with Crippen LogP contribution in [0.4, 0.5) is 5.69 Å². The van der Waals surface area contributed by atoms with E-state index in [-0.39, 0.29) is 17.9 Å². The summed E-state index contributed by atoms with van der Waals surface area (Å²) in [6.07, 6.45) is 0. The molecule has 0 saturated carbocycles. The maximum absolute atomic E-state index is 11.6. The van der Waals surface area contributed by atoms with Gasteiger partial charge in [0, 0.05) is 0 Å². The third kappa shape index (κ3) is 4.07. The minimum absolute atomic E-state index is 0.114. The minimum atomic E-state index is -3.86. The van der Waals surface area contributed by atoms with Crippen LogP contribution >= 0.6 is 0 Å². The van der Waals surface area contributed by atoms with Crippen molar-refractivity contribution >= 4 is 21.7 Å². The molecule has 0 radical (unpaired) electrons. The number of carbonyl (C=O) groups excluding carboxylic acids is 1. The molecule has 0 aliphatic rings. The molecule has 0 spiro atoms. The number of para-hydroxylation sites is 1. The number of sulfonamides is 1. The summed E-state index contributed by atoms with van der Waals surface area (Å²) in [5, 5.41) is 8.80.